The van der Waals surface area contributed by atoms with Gasteiger partial charge < -0.3 is 9.80 Å². The average Bonchev–Trinajstić information content (AvgIpc) is 2.55. The maximum Gasteiger partial charge on any atom is 0.246 e. The lowest BCUT2D eigenvalue weighted by atomic mass is 10.1. The molecule has 0 aliphatic rings. The number of carbonyl (C=O) groups excluding carboxylic acids is 3. The van der Waals surface area contributed by atoms with E-state index in [4.69, 9.17) is 0 Å². The number of aldehydes is 1. The maximum absolute atomic E-state index is 12.3. The lowest BCUT2D eigenvalue weighted by molar-refractivity contribution is -0.131. The van der Waals surface area contributed by atoms with E-state index < -0.39 is 0 Å². The van der Waals surface area contributed by atoms with Crippen LogP contribution in [0.25, 0.3) is 0 Å². The number of rotatable bonds is 13. The average molecular weight is 338 g/mol. The molecule has 0 unspecified atom stereocenters. The fourth-order valence-corrected chi connectivity index (χ4v) is 2.36. The van der Waals surface area contributed by atoms with Crippen LogP contribution in [0.5, 0.6) is 0 Å². The molecule has 0 heterocycles. The van der Waals surface area contributed by atoms with Gasteiger partial charge in [0.05, 0.1) is 0 Å². The van der Waals surface area contributed by atoms with Gasteiger partial charge >= 0.3 is 0 Å². The van der Waals surface area contributed by atoms with Gasteiger partial charge in [0.1, 0.15) is 6.29 Å². The third-order valence-corrected chi connectivity index (χ3v) is 3.90. The number of unbranched alkanes of at least 4 members (excludes halogenated alkanes) is 2. The van der Waals surface area contributed by atoms with Crippen LogP contribution in [0.1, 0.15) is 59.3 Å². The number of nitrogens with zero attached hydrogens (tertiary/aromatic N) is 2. The minimum absolute atomic E-state index is 0.166. The van der Waals surface area contributed by atoms with Crippen molar-refractivity contribution < 1.29 is 14.4 Å². The monoisotopic (exact) mass is 338 g/mol. The van der Waals surface area contributed by atoms with E-state index in [9.17, 15) is 14.4 Å². The first-order chi connectivity index (χ1) is 11.4. The highest BCUT2D eigenvalue weighted by Gasteiger charge is 2.12. The smallest absolute Gasteiger partial charge is 0.246 e. The van der Waals surface area contributed by atoms with Gasteiger partial charge in [-0.3, -0.25) is 14.4 Å². The first-order valence-corrected chi connectivity index (χ1v) is 9.07. The molecule has 0 spiro atoms. The molecule has 0 aromatic heterocycles. The van der Waals surface area contributed by atoms with E-state index in [2.05, 4.69) is 20.8 Å². The van der Waals surface area contributed by atoms with Crippen LogP contribution < -0.4 is 0 Å². The second kappa shape index (κ2) is 13.8. The number of carbonyl (C=O) groups is 3. The number of hydrogen-bond donors (Lipinski definition) is 0. The van der Waals surface area contributed by atoms with Gasteiger partial charge in [0.2, 0.25) is 11.8 Å². The summed E-state index contributed by atoms with van der Waals surface area (Å²) in [6.07, 6.45) is 8.34. The summed E-state index contributed by atoms with van der Waals surface area (Å²) in [7, 11) is 1.72. The van der Waals surface area contributed by atoms with E-state index in [-0.39, 0.29) is 11.8 Å². The molecule has 138 valence electrons. The van der Waals surface area contributed by atoms with Gasteiger partial charge in [-0.05, 0) is 37.7 Å². The Hall–Kier alpha value is -1.65. The predicted molar refractivity (Wildman–Crippen MR) is 97.6 cm³/mol. The Bertz CT molecular complexity index is 405. The lowest BCUT2D eigenvalue weighted by Gasteiger charge is -2.23. The Kier molecular flexibility index (Phi) is 12.8. The zero-order valence-electron chi connectivity index (χ0n) is 15.8. The zero-order chi connectivity index (χ0) is 18.4. The maximum atomic E-state index is 12.3. The predicted octanol–water partition coefficient (Wildman–Crippen LogP) is 3.05. The first-order valence-electron chi connectivity index (χ1n) is 9.07. The van der Waals surface area contributed by atoms with Gasteiger partial charge in [0.15, 0.2) is 0 Å². The van der Waals surface area contributed by atoms with Crippen molar-refractivity contribution in [1.29, 1.82) is 0 Å². The van der Waals surface area contributed by atoms with Crippen LogP contribution in [-0.2, 0) is 14.4 Å². The minimum atomic E-state index is -0.166. The molecule has 0 bridgehead atoms. The number of likely N-dealkylation sites (N-methyl/N-ethyl adjacent to an activating group) is 1. The van der Waals surface area contributed by atoms with Crippen molar-refractivity contribution in [3.63, 3.8) is 0 Å². The van der Waals surface area contributed by atoms with Crippen LogP contribution in [0, 0.1) is 5.92 Å². The normalized spacial score (nSPS) is 11.0. The minimum Gasteiger partial charge on any atom is -0.343 e. The largest absolute Gasteiger partial charge is 0.343 e. The summed E-state index contributed by atoms with van der Waals surface area (Å²) < 4.78 is 0. The Morgan fingerprint density at radius 3 is 2.33 bits per heavy atom. The van der Waals surface area contributed by atoms with Crippen molar-refractivity contribution in [2.75, 3.05) is 26.7 Å². The van der Waals surface area contributed by atoms with Crippen molar-refractivity contribution in [3.8, 4) is 0 Å². The van der Waals surface area contributed by atoms with E-state index in [0.717, 1.165) is 45.2 Å². The van der Waals surface area contributed by atoms with Gasteiger partial charge in [-0.1, -0.05) is 27.2 Å². The van der Waals surface area contributed by atoms with Crippen LogP contribution in [-0.4, -0.2) is 54.6 Å². The summed E-state index contributed by atoms with van der Waals surface area (Å²) in [5.41, 5.74) is 0. The van der Waals surface area contributed by atoms with E-state index >= 15 is 0 Å². The van der Waals surface area contributed by atoms with Crippen molar-refractivity contribution in [3.05, 3.63) is 12.2 Å². The van der Waals surface area contributed by atoms with E-state index in [1.165, 1.54) is 12.2 Å². The highest BCUT2D eigenvalue weighted by atomic mass is 16.2. The zero-order valence-corrected chi connectivity index (χ0v) is 15.8. The Morgan fingerprint density at radius 1 is 1.04 bits per heavy atom. The van der Waals surface area contributed by atoms with E-state index in [1.54, 1.807) is 11.9 Å². The third-order valence-electron chi connectivity index (χ3n) is 3.90. The molecule has 0 saturated carbocycles. The first kappa shape index (κ1) is 22.4. The van der Waals surface area contributed by atoms with Gasteiger partial charge in [0.25, 0.3) is 0 Å². The highest BCUT2D eigenvalue weighted by molar-refractivity contribution is 5.90. The van der Waals surface area contributed by atoms with Gasteiger partial charge in [-0.2, -0.15) is 0 Å². The molecule has 0 aromatic carbocycles. The van der Waals surface area contributed by atoms with Crippen LogP contribution in [0.15, 0.2) is 12.2 Å². The SMILES string of the molecule is CCCN(CCC(C)C)C(=O)CCCCCN(C)C(=O)/C=C\C=O. The molecule has 0 N–H and O–H groups in total. The highest BCUT2D eigenvalue weighted by Crippen LogP contribution is 2.08. The van der Waals surface area contributed by atoms with Crippen molar-refractivity contribution in [2.45, 2.75) is 59.3 Å². The van der Waals surface area contributed by atoms with Crippen LogP contribution in [0.3, 0.4) is 0 Å². The van der Waals surface area contributed by atoms with Crippen LogP contribution in [0.4, 0.5) is 0 Å². The molecule has 0 aromatic rings. The van der Waals surface area contributed by atoms with Crippen molar-refractivity contribution in [1.82, 2.24) is 9.80 Å². The van der Waals surface area contributed by atoms with E-state index in [1.807, 2.05) is 4.90 Å². The topological polar surface area (TPSA) is 57.7 Å². The van der Waals surface area contributed by atoms with Gasteiger partial charge in [-0.15, -0.1) is 0 Å². The molecule has 0 radical (unpaired) electrons. The van der Waals surface area contributed by atoms with Crippen molar-refractivity contribution >= 4 is 18.1 Å². The van der Waals surface area contributed by atoms with Crippen molar-refractivity contribution in [2.24, 2.45) is 5.92 Å². The number of allylic oxidation sites excluding steroid dienone is 1. The number of hydrogen-bond acceptors (Lipinski definition) is 3. The molecule has 0 aliphatic carbocycles. The summed E-state index contributed by atoms with van der Waals surface area (Å²) in [5, 5.41) is 0. The van der Waals surface area contributed by atoms with Crippen LogP contribution in [0.2, 0.25) is 0 Å². The molecule has 0 atom stereocenters. The molecule has 5 nitrogen and oxygen atoms in total. The fourth-order valence-electron chi connectivity index (χ4n) is 2.36. The van der Waals surface area contributed by atoms with Crippen LogP contribution >= 0.6 is 0 Å². The standard InChI is InChI=1S/C19H34N2O3/c1-5-13-21(15-12-17(2)3)19(24)10-7-6-8-14-20(4)18(23)11-9-16-22/h9,11,16-17H,5-8,10,12-15H2,1-4H3/b11-9-. The van der Waals surface area contributed by atoms with E-state index in [0.29, 0.717) is 25.2 Å². The molecule has 0 saturated heterocycles. The summed E-state index contributed by atoms with van der Waals surface area (Å²) in [6, 6.07) is 0. The number of amides is 2. The van der Waals surface area contributed by atoms with Gasteiger partial charge in [0, 0.05) is 39.2 Å². The Balaban J connectivity index is 3.98. The second-order valence-electron chi connectivity index (χ2n) is 6.63. The molecule has 5 heteroatoms. The summed E-state index contributed by atoms with van der Waals surface area (Å²) in [6.45, 7) is 8.79. The lowest BCUT2D eigenvalue weighted by Crippen LogP contribution is -2.33. The fraction of sp³-hybridized carbons (Fsp3) is 0.737. The molecular formula is C19H34N2O3. The summed E-state index contributed by atoms with van der Waals surface area (Å²) >= 11 is 0. The quantitative estimate of drug-likeness (QED) is 0.295. The molecule has 24 heavy (non-hydrogen) atoms. The molecule has 2 amide bonds. The third kappa shape index (κ3) is 11.0. The molecular weight excluding hydrogens is 304 g/mol. The molecule has 0 fully saturated rings. The summed E-state index contributed by atoms with van der Waals surface area (Å²) in [4.78, 5) is 37.6. The Labute approximate surface area is 147 Å². The Morgan fingerprint density at radius 2 is 1.75 bits per heavy atom. The van der Waals surface area contributed by atoms with Gasteiger partial charge in [-0.25, -0.2) is 0 Å². The second-order valence-corrected chi connectivity index (χ2v) is 6.63. The molecule has 0 aliphatic heterocycles. The summed E-state index contributed by atoms with van der Waals surface area (Å²) in [5.74, 6) is 0.690. The molecule has 0 rings (SSSR count).